The third-order valence-electron chi connectivity index (χ3n) is 3.38. The molecule has 1 aromatic heterocycles. The summed E-state index contributed by atoms with van der Waals surface area (Å²) in [6, 6.07) is 6.00. The quantitative estimate of drug-likeness (QED) is 0.700. The molecule has 0 unspecified atom stereocenters. The van der Waals surface area contributed by atoms with Gasteiger partial charge >= 0.3 is 0 Å². The molecule has 5 heteroatoms. The second-order valence-corrected chi connectivity index (χ2v) is 5.46. The van der Waals surface area contributed by atoms with Gasteiger partial charge in [-0.1, -0.05) is 24.6 Å². The van der Waals surface area contributed by atoms with Gasteiger partial charge in [-0.05, 0) is 30.7 Å². The number of fused-ring (bicyclic) bond motifs is 1. The van der Waals surface area contributed by atoms with Gasteiger partial charge in [-0.3, -0.25) is 0 Å². The number of hydrogen-bond acceptors (Lipinski definition) is 3. The van der Waals surface area contributed by atoms with E-state index in [1.54, 1.807) is 0 Å². The SMILES string of the molecule is CCCNCc1cn(CCOCCO)c2cc(Cl)ccc12. The molecule has 0 saturated carbocycles. The van der Waals surface area contributed by atoms with Crippen LogP contribution in [0.1, 0.15) is 18.9 Å². The Balaban J connectivity index is 2.16. The maximum absolute atomic E-state index is 8.74. The van der Waals surface area contributed by atoms with Crippen molar-refractivity contribution in [2.75, 3.05) is 26.4 Å². The minimum atomic E-state index is 0.0600. The van der Waals surface area contributed by atoms with E-state index in [4.69, 9.17) is 21.4 Å². The summed E-state index contributed by atoms with van der Waals surface area (Å²) < 4.78 is 7.52. The van der Waals surface area contributed by atoms with Crippen LogP contribution in [0, 0.1) is 0 Å². The summed E-state index contributed by atoms with van der Waals surface area (Å²) in [4.78, 5) is 0. The van der Waals surface area contributed by atoms with Crippen molar-refractivity contribution in [1.29, 1.82) is 0 Å². The molecule has 0 aliphatic heterocycles. The molecule has 0 fully saturated rings. The molecule has 2 N–H and O–H groups in total. The molecule has 0 spiro atoms. The highest BCUT2D eigenvalue weighted by atomic mass is 35.5. The van der Waals surface area contributed by atoms with Gasteiger partial charge in [-0.25, -0.2) is 0 Å². The molecule has 21 heavy (non-hydrogen) atoms. The molecule has 0 radical (unpaired) electrons. The lowest BCUT2D eigenvalue weighted by atomic mass is 10.2. The van der Waals surface area contributed by atoms with Crippen LogP contribution in [0.5, 0.6) is 0 Å². The van der Waals surface area contributed by atoms with Gasteiger partial charge in [-0.15, -0.1) is 0 Å². The minimum Gasteiger partial charge on any atom is -0.394 e. The van der Waals surface area contributed by atoms with Crippen LogP contribution in [0.3, 0.4) is 0 Å². The van der Waals surface area contributed by atoms with Gasteiger partial charge in [0, 0.05) is 35.2 Å². The molecule has 0 amide bonds. The Morgan fingerprint density at radius 1 is 1.33 bits per heavy atom. The number of aliphatic hydroxyl groups excluding tert-OH is 1. The van der Waals surface area contributed by atoms with Crippen LogP contribution in [-0.2, 0) is 17.8 Å². The first-order valence-electron chi connectivity index (χ1n) is 7.43. The van der Waals surface area contributed by atoms with Gasteiger partial charge in [0.15, 0.2) is 0 Å². The van der Waals surface area contributed by atoms with E-state index < -0.39 is 0 Å². The Morgan fingerprint density at radius 3 is 2.95 bits per heavy atom. The first-order valence-corrected chi connectivity index (χ1v) is 7.80. The lowest BCUT2D eigenvalue weighted by molar-refractivity contribution is 0.0875. The number of rotatable bonds is 9. The van der Waals surface area contributed by atoms with Crippen molar-refractivity contribution in [3.8, 4) is 0 Å². The predicted molar refractivity (Wildman–Crippen MR) is 86.9 cm³/mol. The van der Waals surface area contributed by atoms with E-state index in [0.717, 1.165) is 36.6 Å². The second-order valence-electron chi connectivity index (χ2n) is 5.02. The summed E-state index contributed by atoms with van der Waals surface area (Å²) in [6.45, 7) is 5.81. The van der Waals surface area contributed by atoms with Crippen molar-refractivity contribution in [3.63, 3.8) is 0 Å². The third-order valence-corrected chi connectivity index (χ3v) is 3.62. The molecule has 2 aromatic rings. The lowest BCUT2D eigenvalue weighted by Crippen LogP contribution is -2.13. The van der Waals surface area contributed by atoms with E-state index >= 15 is 0 Å². The molecule has 4 nitrogen and oxygen atoms in total. The van der Waals surface area contributed by atoms with Gasteiger partial charge < -0.3 is 19.7 Å². The zero-order chi connectivity index (χ0) is 15.1. The van der Waals surface area contributed by atoms with E-state index in [9.17, 15) is 0 Å². The fourth-order valence-corrected chi connectivity index (χ4v) is 2.56. The first-order chi connectivity index (χ1) is 10.3. The Morgan fingerprint density at radius 2 is 2.19 bits per heavy atom. The van der Waals surface area contributed by atoms with E-state index in [1.165, 1.54) is 10.9 Å². The fraction of sp³-hybridized carbons (Fsp3) is 0.500. The second kappa shape index (κ2) is 8.39. The average Bonchev–Trinajstić information content (AvgIpc) is 2.81. The number of nitrogens with one attached hydrogen (secondary N) is 1. The van der Waals surface area contributed by atoms with Gasteiger partial charge in [0.2, 0.25) is 0 Å². The molecule has 1 aromatic carbocycles. The zero-order valence-electron chi connectivity index (χ0n) is 12.4. The van der Waals surface area contributed by atoms with E-state index in [2.05, 4.69) is 29.1 Å². The van der Waals surface area contributed by atoms with Gasteiger partial charge in [0.05, 0.1) is 19.8 Å². The number of benzene rings is 1. The highest BCUT2D eigenvalue weighted by Gasteiger charge is 2.08. The molecule has 0 bridgehead atoms. The summed E-state index contributed by atoms with van der Waals surface area (Å²) in [5, 5.41) is 14.1. The summed E-state index contributed by atoms with van der Waals surface area (Å²) >= 11 is 6.12. The van der Waals surface area contributed by atoms with Gasteiger partial charge in [0.25, 0.3) is 0 Å². The van der Waals surface area contributed by atoms with E-state index in [0.29, 0.717) is 13.2 Å². The Hall–Kier alpha value is -1.07. The molecule has 0 aliphatic carbocycles. The Bertz CT molecular complexity index is 569. The van der Waals surface area contributed by atoms with Crippen molar-refractivity contribution in [3.05, 3.63) is 35.0 Å². The van der Waals surface area contributed by atoms with Crippen LogP contribution in [0.2, 0.25) is 5.02 Å². The van der Waals surface area contributed by atoms with Crippen LogP contribution in [0.15, 0.2) is 24.4 Å². The number of ether oxygens (including phenoxy) is 1. The summed E-state index contributed by atoms with van der Waals surface area (Å²) in [7, 11) is 0. The van der Waals surface area contributed by atoms with Crippen molar-refractivity contribution in [2.24, 2.45) is 0 Å². The number of aliphatic hydroxyl groups is 1. The maximum Gasteiger partial charge on any atom is 0.0698 e. The minimum absolute atomic E-state index is 0.0600. The highest BCUT2D eigenvalue weighted by Crippen LogP contribution is 2.25. The number of halogens is 1. The molecular formula is C16H23ClN2O2. The average molecular weight is 311 g/mol. The number of nitrogens with zero attached hydrogens (tertiary/aromatic N) is 1. The molecule has 0 saturated heterocycles. The normalized spacial score (nSPS) is 11.4. The van der Waals surface area contributed by atoms with Crippen molar-refractivity contribution in [1.82, 2.24) is 9.88 Å². The summed E-state index contributed by atoms with van der Waals surface area (Å²) in [6.07, 6.45) is 3.28. The standard InChI is InChI=1S/C16H23ClN2O2/c1-2-5-18-11-13-12-19(6-8-21-9-7-20)16-10-14(17)3-4-15(13)16/h3-4,10,12,18,20H,2,5-9,11H2,1H3. The molecule has 116 valence electrons. The van der Waals surface area contributed by atoms with Gasteiger partial charge in [0.1, 0.15) is 0 Å². The first kappa shape index (κ1) is 16.3. The Labute approximate surface area is 130 Å². The summed E-state index contributed by atoms with van der Waals surface area (Å²) in [5.74, 6) is 0. The zero-order valence-corrected chi connectivity index (χ0v) is 13.2. The fourth-order valence-electron chi connectivity index (χ4n) is 2.40. The number of aromatic nitrogens is 1. The monoisotopic (exact) mass is 310 g/mol. The van der Waals surface area contributed by atoms with Crippen LogP contribution in [0.25, 0.3) is 10.9 Å². The lowest BCUT2D eigenvalue weighted by Gasteiger charge is -2.06. The van der Waals surface area contributed by atoms with Crippen LogP contribution < -0.4 is 5.32 Å². The molecular weight excluding hydrogens is 288 g/mol. The third kappa shape index (κ3) is 4.45. The van der Waals surface area contributed by atoms with E-state index in [-0.39, 0.29) is 6.61 Å². The molecule has 1 heterocycles. The van der Waals surface area contributed by atoms with E-state index in [1.807, 2.05) is 12.1 Å². The predicted octanol–water partition coefficient (Wildman–Crippen LogP) is 2.80. The van der Waals surface area contributed by atoms with Crippen LogP contribution in [0.4, 0.5) is 0 Å². The highest BCUT2D eigenvalue weighted by molar-refractivity contribution is 6.31. The largest absolute Gasteiger partial charge is 0.394 e. The summed E-state index contributed by atoms with van der Waals surface area (Å²) in [5.41, 5.74) is 2.40. The molecule has 0 aliphatic rings. The van der Waals surface area contributed by atoms with Crippen molar-refractivity contribution < 1.29 is 9.84 Å². The molecule has 0 atom stereocenters. The topological polar surface area (TPSA) is 46.4 Å². The van der Waals surface area contributed by atoms with Crippen molar-refractivity contribution >= 4 is 22.5 Å². The van der Waals surface area contributed by atoms with Gasteiger partial charge in [-0.2, -0.15) is 0 Å². The maximum atomic E-state index is 8.74. The number of hydrogen-bond donors (Lipinski definition) is 2. The van der Waals surface area contributed by atoms with Crippen molar-refractivity contribution in [2.45, 2.75) is 26.4 Å². The Kier molecular flexibility index (Phi) is 6.51. The van der Waals surface area contributed by atoms with Crippen LogP contribution >= 0.6 is 11.6 Å². The van der Waals surface area contributed by atoms with Crippen LogP contribution in [-0.4, -0.2) is 36.0 Å². The molecule has 2 rings (SSSR count). The smallest absolute Gasteiger partial charge is 0.0698 e.